The third-order valence-electron chi connectivity index (χ3n) is 2.71. The molecule has 0 fully saturated rings. The molecule has 0 amide bonds. The number of benzene rings is 1. The van der Waals surface area contributed by atoms with E-state index in [1.165, 1.54) is 14.2 Å². The van der Waals surface area contributed by atoms with E-state index in [1.807, 2.05) is 0 Å². The lowest BCUT2D eigenvalue weighted by Crippen LogP contribution is -2.44. The molecule has 0 aliphatic carbocycles. The zero-order chi connectivity index (χ0) is 15.4. The van der Waals surface area contributed by atoms with Gasteiger partial charge in [0.2, 0.25) is 0 Å². The maximum absolute atomic E-state index is 12.4. The van der Waals surface area contributed by atoms with Gasteiger partial charge in [0, 0.05) is 19.8 Å². The van der Waals surface area contributed by atoms with Gasteiger partial charge in [-0.15, -0.1) is 0 Å². The Labute approximate surface area is 119 Å². The Hall–Kier alpha value is -1.59. The van der Waals surface area contributed by atoms with E-state index in [-0.39, 0.29) is 0 Å². The van der Waals surface area contributed by atoms with Crippen molar-refractivity contribution in [2.75, 3.05) is 21.3 Å². The molecule has 0 heterocycles. The Morgan fingerprint density at radius 3 is 1.80 bits per heavy atom. The van der Waals surface area contributed by atoms with E-state index in [9.17, 15) is 4.79 Å². The molecule has 0 atom stereocenters. The molecule has 0 radical (unpaired) electrons. The molecule has 0 saturated carbocycles. The van der Waals surface area contributed by atoms with Crippen LogP contribution in [0.1, 0.15) is 26.3 Å². The van der Waals surface area contributed by atoms with Crippen LogP contribution in [-0.2, 0) is 24.8 Å². The topological polar surface area (TPSA) is 54.0 Å². The first-order chi connectivity index (χ1) is 9.29. The largest absolute Gasteiger partial charge is 0.497 e. The number of carbonyl (C=O) groups excluding carboxylic acids is 1. The van der Waals surface area contributed by atoms with Crippen molar-refractivity contribution in [2.45, 2.75) is 32.2 Å². The van der Waals surface area contributed by atoms with Crippen molar-refractivity contribution in [1.29, 1.82) is 0 Å². The van der Waals surface area contributed by atoms with Crippen molar-refractivity contribution >= 4 is 5.97 Å². The van der Waals surface area contributed by atoms with Gasteiger partial charge in [-0.1, -0.05) is 0 Å². The van der Waals surface area contributed by atoms with Crippen LogP contribution >= 0.6 is 0 Å². The molecule has 0 aliphatic rings. The fourth-order valence-electron chi connectivity index (χ4n) is 1.76. The number of hydrogen-bond acceptors (Lipinski definition) is 5. The maximum atomic E-state index is 12.4. The number of carbonyl (C=O) groups is 1. The highest BCUT2D eigenvalue weighted by molar-refractivity contribution is 5.80. The summed E-state index contributed by atoms with van der Waals surface area (Å²) in [5.74, 6) is -1.50. The fraction of sp³-hybridized carbons (Fsp3) is 0.533. The highest BCUT2D eigenvalue weighted by Gasteiger charge is 2.44. The van der Waals surface area contributed by atoms with Gasteiger partial charge in [-0.25, -0.2) is 4.79 Å². The molecule has 0 N–H and O–H groups in total. The van der Waals surface area contributed by atoms with E-state index in [2.05, 4.69) is 0 Å². The minimum Gasteiger partial charge on any atom is -0.497 e. The summed E-state index contributed by atoms with van der Waals surface area (Å²) in [5.41, 5.74) is -0.0937. The normalized spacial score (nSPS) is 12.1. The smallest absolute Gasteiger partial charge is 0.372 e. The number of methoxy groups -OCH3 is 3. The van der Waals surface area contributed by atoms with Gasteiger partial charge >= 0.3 is 5.97 Å². The predicted octanol–water partition coefficient (Wildman–Crippen LogP) is 2.48. The summed E-state index contributed by atoms with van der Waals surface area (Å²) in [4.78, 5) is 12.4. The first-order valence-electron chi connectivity index (χ1n) is 6.27. The van der Waals surface area contributed by atoms with Crippen LogP contribution in [0.3, 0.4) is 0 Å². The van der Waals surface area contributed by atoms with E-state index >= 15 is 0 Å². The molecule has 20 heavy (non-hydrogen) atoms. The average molecular weight is 282 g/mol. The van der Waals surface area contributed by atoms with Crippen LogP contribution in [0.25, 0.3) is 0 Å². The Balaban J connectivity index is 3.15. The molecular formula is C15H22O5. The van der Waals surface area contributed by atoms with E-state index in [0.29, 0.717) is 11.3 Å². The van der Waals surface area contributed by atoms with Crippen molar-refractivity contribution in [2.24, 2.45) is 0 Å². The monoisotopic (exact) mass is 282 g/mol. The van der Waals surface area contributed by atoms with Gasteiger partial charge in [0.1, 0.15) is 11.4 Å². The van der Waals surface area contributed by atoms with Gasteiger partial charge in [-0.3, -0.25) is 0 Å². The summed E-state index contributed by atoms with van der Waals surface area (Å²) in [6.07, 6.45) is 0. The SMILES string of the molecule is COc1ccc(C(OC)(OC)C(=O)OC(C)(C)C)cc1. The minimum absolute atomic E-state index is 0.539. The molecule has 0 saturated heterocycles. The van der Waals surface area contributed by atoms with Crippen LogP contribution < -0.4 is 4.74 Å². The molecule has 0 bridgehead atoms. The van der Waals surface area contributed by atoms with Crippen LogP contribution in [0, 0.1) is 0 Å². The maximum Gasteiger partial charge on any atom is 0.372 e. The molecular weight excluding hydrogens is 260 g/mol. The molecule has 5 nitrogen and oxygen atoms in total. The molecule has 0 unspecified atom stereocenters. The number of rotatable bonds is 5. The lowest BCUT2D eigenvalue weighted by molar-refractivity contribution is -0.243. The molecule has 1 aromatic rings. The second kappa shape index (κ2) is 6.24. The van der Waals surface area contributed by atoms with Gasteiger partial charge in [0.05, 0.1) is 7.11 Å². The predicted molar refractivity (Wildman–Crippen MR) is 74.5 cm³/mol. The summed E-state index contributed by atoms with van der Waals surface area (Å²) >= 11 is 0. The average Bonchev–Trinajstić information content (AvgIpc) is 2.39. The van der Waals surface area contributed by atoms with Crippen molar-refractivity contribution in [3.63, 3.8) is 0 Å². The van der Waals surface area contributed by atoms with Crippen LogP contribution in [0.5, 0.6) is 5.75 Å². The fourth-order valence-corrected chi connectivity index (χ4v) is 1.76. The zero-order valence-electron chi connectivity index (χ0n) is 12.9. The van der Waals surface area contributed by atoms with Crippen LogP contribution in [0.2, 0.25) is 0 Å². The second-order valence-electron chi connectivity index (χ2n) is 5.26. The summed E-state index contributed by atoms with van der Waals surface area (Å²) in [7, 11) is 4.37. The summed E-state index contributed by atoms with van der Waals surface area (Å²) in [6, 6.07) is 6.87. The Morgan fingerprint density at radius 1 is 0.950 bits per heavy atom. The Bertz CT molecular complexity index is 440. The van der Waals surface area contributed by atoms with E-state index in [1.54, 1.807) is 52.1 Å². The van der Waals surface area contributed by atoms with Crippen LogP contribution in [-0.4, -0.2) is 32.9 Å². The minimum atomic E-state index is -1.58. The van der Waals surface area contributed by atoms with Crippen molar-refractivity contribution in [1.82, 2.24) is 0 Å². The van der Waals surface area contributed by atoms with Crippen molar-refractivity contribution < 1.29 is 23.7 Å². The highest BCUT2D eigenvalue weighted by atomic mass is 16.7. The number of ether oxygens (including phenoxy) is 4. The molecule has 1 rings (SSSR count). The molecule has 0 spiro atoms. The van der Waals surface area contributed by atoms with E-state index in [4.69, 9.17) is 18.9 Å². The molecule has 1 aromatic carbocycles. The van der Waals surface area contributed by atoms with Crippen LogP contribution in [0.4, 0.5) is 0 Å². The lowest BCUT2D eigenvalue weighted by Gasteiger charge is -2.32. The zero-order valence-corrected chi connectivity index (χ0v) is 12.9. The lowest BCUT2D eigenvalue weighted by atomic mass is 10.0. The van der Waals surface area contributed by atoms with Gasteiger partial charge in [-0.05, 0) is 45.0 Å². The van der Waals surface area contributed by atoms with Crippen LogP contribution in [0.15, 0.2) is 24.3 Å². The van der Waals surface area contributed by atoms with Gasteiger partial charge in [-0.2, -0.15) is 0 Å². The number of hydrogen-bond donors (Lipinski definition) is 0. The van der Waals surface area contributed by atoms with Crippen molar-refractivity contribution in [3.05, 3.63) is 29.8 Å². The van der Waals surface area contributed by atoms with Crippen molar-refractivity contribution in [3.8, 4) is 5.75 Å². The first-order valence-corrected chi connectivity index (χ1v) is 6.27. The van der Waals surface area contributed by atoms with Gasteiger partial charge < -0.3 is 18.9 Å². The summed E-state index contributed by atoms with van der Waals surface area (Å²) < 4.78 is 21.1. The third-order valence-corrected chi connectivity index (χ3v) is 2.71. The Kier molecular flexibility index (Phi) is 5.14. The molecule has 5 heteroatoms. The standard InChI is InChI=1S/C15H22O5/c1-14(2,3)20-13(16)15(18-5,19-6)11-7-9-12(17-4)10-8-11/h7-10H,1-6H3. The van der Waals surface area contributed by atoms with E-state index in [0.717, 1.165) is 0 Å². The second-order valence-corrected chi connectivity index (χ2v) is 5.26. The molecule has 0 aliphatic heterocycles. The first kappa shape index (κ1) is 16.5. The Morgan fingerprint density at radius 2 is 1.45 bits per heavy atom. The summed E-state index contributed by atoms with van der Waals surface area (Å²) in [6.45, 7) is 5.36. The molecule has 112 valence electrons. The highest BCUT2D eigenvalue weighted by Crippen LogP contribution is 2.30. The molecule has 0 aromatic heterocycles. The van der Waals surface area contributed by atoms with Gasteiger partial charge in [0.25, 0.3) is 5.79 Å². The summed E-state index contributed by atoms with van der Waals surface area (Å²) in [5, 5.41) is 0. The van der Waals surface area contributed by atoms with E-state index < -0.39 is 17.4 Å². The number of esters is 1. The van der Waals surface area contributed by atoms with Gasteiger partial charge in [0.15, 0.2) is 0 Å². The quantitative estimate of drug-likeness (QED) is 0.613. The third kappa shape index (κ3) is 3.49.